The first-order valence-corrected chi connectivity index (χ1v) is 5.72. The Morgan fingerprint density at radius 3 is 3.00 bits per heavy atom. The van der Waals surface area contributed by atoms with Crippen LogP contribution in [0.15, 0.2) is 24.5 Å². The van der Waals surface area contributed by atoms with Gasteiger partial charge in [0.25, 0.3) is 0 Å². The summed E-state index contributed by atoms with van der Waals surface area (Å²) in [6.07, 6.45) is 11.5. The van der Waals surface area contributed by atoms with E-state index in [4.69, 9.17) is 0 Å². The predicted octanol–water partition coefficient (Wildman–Crippen LogP) is 2.04. The number of nitrogens with one attached hydrogen (secondary N) is 1. The van der Waals surface area contributed by atoms with E-state index >= 15 is 0 Å². The van der Waals surface area contributed by atoms with Crippen molar-refractivity contribution < 1.29 is 0 Å². The van der Waals surface area contributed by atoms with Crippen molar-refractivity contribution in [2.24, 2.45) is 24.8 Å². The molecule has 1 fully saturated rings. The maximum Gasteiger partial charge on any atom is 0.0726 e. The second-order valence-corrected chi connectivity index (χ2v) is 4.82. The number of nitrogens with zero attached hydrogens (tertiary/aromatic N) is 2. The van der Waals surface area contributed by atoms with Crippen molar-refractivity contribution in [3.05, 3.63) is 24.5 Å². The number of allylic oxidation sites excluding steroid dienone is 2. The summed E-state index contributed by atoms with van der Waals surface area (Å²) in [5.41, 5.74) is 1.14. The van der Waals surface area contributed by atoms with Crippen LogP contribution in [0, 0.1) is 17.8 Å². The molecule has 1 aromatic rings. The summed E-state index contributed by atoms with van der Waals surface area (Å²) in [5.74, 6) is 2.54. The fourth-order valence-corrected chi connectivity index (χ4v) is 2.89. The standard InChI is InChI=1S/C12H17N3/c1-15-8-12(7-14-15)13-6-11-5-9-2-3-10(11)4-9/h2-3,7-11,13H,4-6H2,1H3/t9-,10-,11+/m0/s1. The van der Waals surface area contributed by atoms with Crippen LogP contribution in [0.1, 0.15) is 12.8 Å². The van der Waals surface area contributed by atoms with E-state index in [-0.39, 0.29) is 0 Å². The molecule has 1 heterocycles. The average Bonchev–Trinajstić information content (AvgIpc) is 2.90. The number of fused-ring (bicyclic) bond motifs is 2. The summed E-state index contributed by atoms with van der Waals surface area (Å²) < 4.78 is 1.84. The minimum atomic E-state index is 0.833. The number of hydrogen-bond donors (Lipinski definition) is 1. The fourth-order valence-electron chi connectivity index (χ4n) is 2.89. The molecule has 1 aromatic heterocycles. The van der Waals surface area contributed by atoms with E-state index in [1.807, 2.05) is 24.1 Å². The Bertz CT molecular complexity index is 380. The van der Waals surface area contributed by atoms with Gasteiger partial charge >= 0.3 is 0 Å². The quantitative estimate of drug-likeness (QED) is 0.762. The van der Waals surface area contributed by atoms with E-state index in [9.17, 15) is 0 Å². The second kappa shape index (κ2) is 3.40. The molecule has 2 bridgehead atoms. The van der Waals surface area contributed by atoms with Crippen LogP contribution >= 0.6 is 0 Å². The molecule has 0 aliphatic heterocycles. The molecule has 3 rings (SSSR count). The van der Waals surface area contributed by atoms with Gasteiger partial charge in [0.15, 0.2) is 0 Å². The largest absolute Gasteiger partial charge is 0.382 e. The lowest BCUT2D eigenvalue weighted by Gasteiger charge is -2.18. The monoisotopic (exact) mass is 203 g/mol. The molecule has 3 atom stereocenters. The Morgan fingerprint density at radius 1 is 1.47 bits per heavy atom. The van der Waals surface area contributed by atoms with Gasteiger partial charge in [-0.15, -0.1) is 0 Å². The molecule has 3 nitrogen and oxygen atoms in total. The van der Waals surface area contributed by atoms with Crippen LogP contribution in [0.25, 0.3) is 0 Å². The van der Waals surface area contributed by atoms with Crippen molar-refractivity contribution in [2.75, 3.05) is 11.9 Å². The van der Waals surface area contributed by atoms with Gasteiger partial charge in [-0.2, -0.15) is 5.10 Å². The number of hydrogen-bond acceptors (Lipinski definition) is 2. The maximum absolute atomic E-state index is 4.15. The molecule has 80 valence electrons. The Kier molecular flexibility index (Phi) is 2.04. The van der Waals surface area contributed by atoms with E-state index in [0.717, 1.165) is 30.0 Å². The van der Waals surface area contributed by atoms with Crippen molar-refractivity contribution in [1.29, 1.82) is 0 Å². The molecule has 3 heteroatoms. The Balaban J connectivity index is 1.57. The van der Waals surface area contributed by atoms with Crippen LogP contribution in [0.3, 0.4) is 0 Å². The molecule has 0 spiro atoms. The Labute approximate surface area is 90.2 Å². The zero-order chi connectivity index (χ0) is 10.3. The van der Waals surface area contributed by atoms with E-state index in [1.165, 1.54) is 12.8 Å². The highest BCUT2D eigenvalue weighted by Gasteiger charge is 2.35. The molecule has 2 aliphatic carbocycles. The third-order valence-corrected chi connectivity index (χ3v) is 3.69. The minimum absolute atomic E-state index is 0.833. The lowest BCUT2D eigenvalue weighted by atomic mass is 9.94. The zero-order valence-corrected chi connectivity index (χ0v) is 9.06. The first-order valence-electron chi connectivity index (χ1n) is 5.72. The maximum atomic E-state index is 4.15. The summed E-state index contributed by atoms with van der Waals surface area (Å²) in [7, 11) is 1.95. The molecular formula is C12H17N3. The molecule has 0 aromatic carbocycles. The summed E-state index contributed by atoms with van der Waals surface area (Å²) >= 11 is 0. The van der Waals surface area contributed by atoms with Crippen LogP contribution < -0.4 is 5.32 Å². The first-order chi connectivity index (χ1) is 7.31. The highest BCUT2D eigenvalue weighted by Crippen LogP contribution is 2.43. The number of aromatic nitrogens is 2. The molecule has 15 heavy (non-hydrogen) atoms. The van der Waals surface area contributed by atoms with Gasteiger partial charge in [-0.25, -0.2) is 0 Å². The molecule has 0 saturated heterocycles. The van der Waals surface area contributed by atoms with E-state index in [2.05, 4.69) is 22.6 Å². The van der Waals surface area contributed by atoms with Crippen LogP contribution in [0.4, 0.5) is 5.69 Å². The smallest absolute Gasteiger partial charge is 0.0726 e. The van der Waals surface area contributed by atoms with Crippen molar-refractivity contribution in [3.63, 3.8) is 0 Å². The lowest BCUT2D eigenvalue weighted by molar-refractivity contribution is 0.472. The van der Waals surface area contributed by atoms with Gasteiger partial charge in [0.2, 0.25) is 0 Å². The molecule has 1 N–H and O–H groups in total. The highest BCUT2D eigenvalue weighted by molar-refractivity contribution is 5.38. The molecule has 0 amide bonds. The van der Waals surface area contributed by atoms with Gasteiger partial charge in [0.1, 0.15) is 0 Å². The van der Waals surface area contributed by atoms with E-state index < -0.39 is 0 Å². The van der Waals surface area contributed by atoms with Gasteiger partial charge in [0, 0.05) is 19.8 Å². The van der Waals surface area contributed by atoms with Crippen LogP contribution in [-0.2, 0) is 7.05 Å². The number of rotatable bonds is 3. The van der Waals surface area contributed by atoms with E-state index in [1.54, 1.807) is 0 Å². The zero-order valence-electron chi connectivity index (χ0n) is 9.06. The van der Waals surface area contributed by atoms with Gasteiger partial charge in [-0.05, 0) is 30.6 Å². The van der Waals surface area contributed by atoms with Gasteiger partial charge in [-0.3, -0.25) is 4.68 Å². The second-order valence-electron chi connectivity index (χ2n) is 4.82. The van der Waals surface area contributed by atoms with Crippen LogP contribution in [0.5, 0.6) is 0 Å². The summed E-state index contributed by atoms with van der Waals surface area (Å²) in [6.45, 7) is 1.09. The number of anilines is 1. The van der Waals surface area contributed by atoms with Gasteiger partial charge in [0.05, 0.1) is 11.9 Å². The SMILES string of the molecule is Cn1cc(NC[C@H]2C[C@H]3C=C[C@H]2C3)cn1. The third kappa shape index (κ3) is 1.66. The summed E-state index contributed by atoms with van der Waals surface area (Å²) in [5, 5.41) is 7.63. The Hall–Kier alpha value is -1.25. The number of aryl methyl sites for hydroxylation is 1. The molecule has 1 saturated carbocycles. The lowest BCUT2D eigenvalue weighted by Crippen LogP contribution is -2.17. The molecule has 2 aliphatic rings. The van der Waals surface area contributed by atoms with Crippen LogP contribution in [0.2, 0.25) is 0 Å². The van der Waals surface area contributed by atoms with Crippen molar-refractivity contribution >= 4 is 5.69 Å². The fraction of sp³-hybridized carbons (Fsp3) is 0.583. The van der Waals surface area contributed by atoms with Crippen molar-refractivity contribution in [1.82, 2.24) is 9.78 Å². The first kappa shape index (κ1) is 9.01. The van der Waals surface area contributed by atoms with Crippen molar-refractivity contribution in [3.8, 4) is 0 Å². The average molecular weight is 203 g/mol. The molecule has 0 radical (unpaired) electrons. The normalized spacial score (nSPS) is 32.5. The molecular weight excluding hydrogens is 186 g/mol. The molecule has 0 unspecified atom stereocenters. The van der Waals surface area contributed by atoms with E-state index in [0.29, 0.717) is 0 Å². The Morgan fingerprint density at radius 2 is 2.40 bits per heavy atom. The highest BCUT2D eigenvalue weighted by atomic mass is 15.3. The van der Waals surface area contributed by atoms with Gasteiger partial charge < -0.3 is 5.32 Å². The van der Waals surface area contributed by atoms with Gasteiger partial charge in [-0.1, -0.05) is 12.2 Å². The topological polar surface area (TPSA) is 29.9 Å². The minimum Gasteiger partial charge on any atom is -0.382 e. The predicted molar refractivity (Wildman–Crippen MR) is 60.5 cm³/mol. The summed E-state index contributed by atoms with van der Waals surface area (Å²) in [4.78, 5) is 0. The van der Waals surface area contributed by atoms with Crippen molar-refractivity contribution in [2.45, 2.75) is 12.8 Å². The van der Waals surface area contributed by atoms with Crippen LogP contribution in [-0.4, -0.2) is 16.3 Å². The third-order valence-electron chi connectivity index (χ3n) is 3.69. The summed E-state index contributed by atoms with van der Waals surface area (Å²) in [6, 6.07) is 0.